The Morgan fingerprint density at radius 3 is 2.74 bits per heavy atom. The second-order valence-electron chi connectivity index (χ2n) is 4.57. The Labute approximate surface area is 114 Å². The van der Waals surface area contributed by atoms with Crippen LogP contribution in [0.3, 0.4) is 0 Å². The molecule has 0 spiro atoms. The summed E-state index contributed by atoms with van der Waals surface area (Å²) >= 11 is 0. The van der Waals surface area contributed by atoms with Gasteiger partial charge in [0.2, 0.25) is 0 Å². The maximum Gasteiger partial charge on any atom is 0.179 e. The Balaban J connectivity index is 2.73. The zero-order valence-electron chi connectivity index (χ0n) is 11.1. The van der Waals surface area contributed by atoms with E-state index in [4.69, 9.17) is 5.26 Å². The number of hydrogen-bond donors (Lipinski definition) is 1. The predicted octanol–water partition coefficient (Wildman–Crippen LogP) is 0.645. The number of benzene rings is 1. The summed E-state index contributed by atoms with van der Waals surface area (Å²) in [6.45, 7) is 2.42. The topological polar surface area (TPSA) is 81.4 Å². The lowest BCUT2D eigenvalue weighted by Gasteiger charge is -2.18. The quantitative estimate of drug-likeness (QED) is 0.828. The number of aliphatic hydroxyl groups excluding tert-OH is 1. The molecule has 1 rings (SSSR count). The van der Waals surface area contributed by atoms with E-state index in [1.165, 1.54) is 12.1 Å². The van der Waals surface area contributed by atoms with E-state index in [-0.39, 0.29) is 10.6 Å². The molecule has 0 saturated heterocycles. The van der Waals surface area contributed by atoms with Crippen LogP contribution in [0.25, 0.3) is 0 Å². The van der Waals surface area contributed by atoms with Crippen LogP contribution in [0.15, 0.2) is 29.2 Å². The highest BCUT2D eigenvalue weighted by Crippen LogP contribution is 2.13. The van der Waals surface area contributed by atoms with E-state index in [1.54, 1.807) is 31.0 Å². The Kier molecular flexibility index (Phi) is 5.48. The fourth-order valence-corrected chi connectivity index (χ4v) is 3.08. The van der Waals surface area contributed by atoms with Crippen LogP contribution in [-0.2, 0) is 9.84 Å². The Morgan fingerprint density at radius 1 is 1.47 bits per heavy atom. The average Bonchev–Trinajstić information content (AvgIpc) is 2.36. The third-order valence-electron chi connectivity index (χ3n) is 2.64. The number of nitrogens with zero attached hydrogens (tertiary/aromatic N) is 2. The van der Waals surface area contributed by atoms with Crippen LogP contribution in [0.2, 0.25) is 0 Å². The fourth-order valence-electron chi connectivity index (χ4n) is 1.70. The minimum absolute atomic E-state index is 0.0366. The number of sulfone groups is 1. The summed E-state index contributed by atoms with van der Waals surface area (Å²) in [7, 11) is -1.64. The molecule has 6 heteroatoms. The molecular formula is C13H18N2O3S. The number of likely N-dealkylation sites (N-methyl/N-ethyl adjacent to an activating group) is 1. The monoisotopic (exact) mass is 282 g/mol. The minimum Gasteiger partial charge on any atom is -0.392 e. The van der Waals surface area contributed by atoms with Crippen molar-refractivity contribution in [2.24, 2.45) is 0 Å². The lowest BCUT2D eigenvalue weighted by Crippen LogP contribution is -2.31. The molecule has 0 bridgehead atoms. The summed E-state index contributed by atoms with van der Waals surface area (Å²) in [5.41, 5.74) is 0.332. The van der Waals surface area contributed by atoms with Gasteiger partial charge >= 0.3 is 0 Å². The van der Waals surface area contributed by atoms with Gasteiger partial charge in [0.25, 0.3) is 0 Å². The molecule has 0 fully saturated rings. The summed E-state index contributed by atoms with van der Waals surface area (Å²) in [5.74, 6) is -0.0366. The minimum atomic E-state index is -3.40. The molecule has 1 aromatic carbocycles. The van der Waals surface area contributed by atoms with Crippen molar-refractivity contribution in [2.75, 3.05) is 25.9 Å². The summed E-state index contributed by atoms with van der Waals surface area (Å²) in [6.07, 6.45) is -0.491. The number of hydrogen-bond acceptors (Lipinski definition) is 5. The fraction of sp³-hybridized carbons (Fsp3) is 0.462. The van der Waals surface area contributed by atoms with Crippen molar-refractivity contribution in [1.82, 2.24) is 4.90 Å². The Bertz CT molecular complexity index is 561. The van der Waals surface area contributed by atoms with Gasteiger partial charge in [0, 0.05) is 13.1 Å². The predicted molar refractivity (Wildman–Crippen MR) is 72.4 cm³/mol. The second-order valence-corrected chi connectivity index (χ2v) is 6.68. The van der Waals surface area contributed by atoms with Crippen molar-refractivity contribution in [3.05, 3.63) is 29.8 Å². The highest BCUT2D eigenvalue weighted by molar-refractivity contribution is 7.91. The van der Waals surface area contributed by atoms with Gasteiger partial charge < -0.3 is 10.0 Å². The van der Waals surface area contributed by atoms with Gasteiger partial charge in [-0.25, -0.2) is 8.42 Å². The molecule has 104 valence electrons. The van der Waals surface area contributed by atoms with Crippen molar-refractivity contribution in [2.45, 2.75) is 17.9 Å². The van der Waals surface area contributed by atoms with Crippen molar-refractivity contribution in [3.8, 4) is 6.07 Å². The van der Waals surface area contributed by atoms with E-state index < -0.39 is 15.9 Å². The van der Waals surface area contributed by atoms with Gasteiger partial charge in [-0.1, -0.05) is 6.07 Å². The third kappa shape index (κ3) is 4.99. The molecular weight excluding hydrogens is 264 g/mol. The van der Waals surface area contributed by atoms with Gasteiger partial charge in [0.15, 0.2) is 9.84 Å². The van der Waals surface area contributed by atoms with Crippen LogP contribution >= 0.6 is 0 Å². The summed E-state index contributed by atoms with van der Waals surface area (Å²) in [4.78, 5) is 1.92. The first-order valence-corrected chi connectivity index (χ1v) is 7.60. The molecule has 0 aliphatic heterocycles. The maximum absolute atomic E-state index is 12.1. The number of rotatable bonds is 6. The van der Waals surface area contributed by atoms with E-state index >= 15 is 0 Å². The molecule has 0 heterocycles. The lowest BCUT2D eigenvalue weighted by atomic mass is 10.2. The Hall–Kier alpha value is -1.42. The largest absolute Gasteiger partial charge is 0.392 e. The number of nitriles is 1. The molecule has 1 N–H and O–H groups in total. The van der Waals surface area contributed by atoms with Gasteiger partial charge in [-0.2, -0.15) is 5.26 Å². The summed E-state index contributed by atoms with van der Waals surface area (Å²) < 4.78 is 24.2. The SMILES string of the molecule is CC(O)CN(C)CCS(=O)(=O)c1cccc(C#N)c1. The normalized spacial score (nSPS) is 13.2. The van der Waals surface area contributed by atoms with E-state index in [0.717, 1.165) is 0 Å². The van der Waals surface area contributed by atoms with Crippen molar-refractivity contribution in [3.63, 3.8) is 0 Å². The molecule has 19 heavy (non-hydrogen) atoms. The molecule has 0 saturated carbocycles. The van der Waals surface area contributed by atoms with E-state index in [2.05, 4.69) is 0 Å². The smallest absolute Gasteiger partial charge is 0.179 e. The first-order valence-electron chi connectivity index (χ1n) is 5.94. The summed E-state index contributed by atoms with van der Waals surface area (Å²) in [6, 6.07) is 7.92. The molecule has 0 aliphatic rings. The Morgan fingerprint density at radius 2 is 2.16 bits per heavy atom. The first kappa shape index (κ1) is 15.6. The first-order chi connectivity index (χ1) is 8.85. The zero-order valence-corrected chi connectivity index (χ0v) is 11.9. The third-order valence-corrected chi connectivity index (χ3v) is 4.33. The van der Waals surface area contributed by atoms with E-state index in [1.807, 2.05) is 6.07 Å². The summed E-state index contributed by atoms with van der Waals surface area (Å²) in [5, 5.41) is 18.0. The molecule has 5 nitrogen and oxygen atoms in total. The van der Waals surface area contributed by atoms with Crippen LogP contribution in [0, 0.1) is 11.3 Å². The van der Waals surface area contributed by atoms with Crippen molar-refractivity contribution < 1.29 is 13.5 Å². The second kappa shape index (κ2) is 6.66. The van der Waals surface area contributed by atoms with Crippen LogP contribution < -0.4 is 0 Å². The van der Waals surface area contributed by atoms with Gasteiger partial charge in [0.1, 0.15) is 0 Å². The highest BCUT2D eigenvalue weighted by atomic mass is 32.2. The van der Waals surface area contributed by atoms with Crippen LogP contribution in [0.1, 0.15) is 12.5 Å². The molecule has 1 unspecified atom stereocenters. The number of aliphatic hydroxyl groups is 1. The zero-order chi connectivity index (χ0) is 14.5. The van der Waals surface area contributed by atoms with Crippen LogP contribution in [0.5, 0.6) is 0 Å². The molecule has 0 amide bonds. The van der Waals surface area contributed by atoms with E-state index in [9.17, 15) is 13.5 Å². The highest BCUT2D eigenvalue weighted by Gasteiger charge is 2.16. The molecule has 0 aromatic heterocycles. The maximum atomic E-state index is 12.1. The van der Waals surface area contributed by atoms with Gasteiger partial charge in [0.05, 0.1) is 28.4 Å². The van der Waals surface area contributed by atoms with Crippen LogP contribution in [0.4, 0.5) is 0 Å². The van der Waals surface area contributed by atoms with E-state index in [0.29, 0.717) is 18.7 Å². The van der Waals surface area contributed by atoms with Gasteiger partial charge in [-0.15, -0.1) is 0 Å². The molecule has 1 aromatic rings. The molecule has 0 aliphatic carbocycles. The van der Waals surface area contributed by atoms with Gasteiger partial charge in [-0.3, -0.25) is 0 Å². The van der Waals surface area contributed by atoms with Crippen LogP contribution in [-0.4, -0.2) is 50.4 Å². The molecule has 1 atom stereocenters. The lowest BCUT2D eigenvalue weighted by molar-refractivity contribution is 0.145. The van der Waals surface area contributed by atoms with Crippen molar-refractivity contribution in [1.29, 1.82) is 5.26 Å². The molecule has 0 radical (unpaired) electrons. The van der Waals surface area contributed by atoms with Gasteiger partial charge in [-0.05, 0) is 32.2 Å². The van der Waals surface area contributed by atoms with Crippen molar-refractivity contribution >= 4 is 9.84 Å². The average molecular weight is 282 g/mol. The standard InChI is InChI=1S/C13H18N2O3S/c1-11(16)10-15(2)6-7-19(17,18)13-5-3-4-12(8-13)9-14/h3-5,8,11,16H,6-7,10H2,1-2H3.